The van der Waals surface area contributed by atoms with Crippen molar-refractivity contribution in [2.24, 2.45) is 5.92 Å². The number of carbonyl (C=O) groups excluding carboxylic acids is 3. The first-order chi connectivity index (χ1) is 15.5. The first-order valence-corrected chi connectivity index (χ1v) is 11.5. The zero-order chi connectivity index (χ0) is 24.1. The number of ether oxygens (including phenoxy) is 2. The van der Waals surface area contributed by atoms with Crippen LogP contribution in [-0.2, 0) is 25.5 Å². The predicted octanol–water partition coefficient (Wildman–Crippen LogP) is 3.25. The Morgan fingerprint density at radius 3 is 2.61 bits per heavy atom. The zero-order valence-electron chi connectivity index (χ0n) is 20.2. The lowest BCUT2D eigenvalue weighted by Crippen LogP contribution is -2.66. The molecule has 1 fully saturated rings. The molecule has 0 spiro atoms. The molecule has 8 heteroatoms. The van der Waals surface area contributed by atoms with Gasteiger partial charge in [0.25, 0.3) is 0 Å². The van der Waals surface area contributed by atoms with Gasteiger partial charge in [0.05, 0.1) is 19.6 Å². The first kappa shape index (κ1) is 23.1. The number of esters is 1. The lowest BCUT2D eigenvalue weighted by Gasteiger charge is -2.46. The smallest absolute Gasteiger partial charge is 0.308 e. The summed E-state index contributed by atoms with van der Waals surface area (Å²) in [5, 5.41) is 3.82. The quantitative estimate of drug-likeness (QED) is 0.674. The van der Waals surface area contributed by atoms with Crippen molar-refractivity contribution >= 4 is 28.7 Å². The molecular weight excluding hydrogens is 422 g/mol. The van der Waals surface area contributed by atoms with E-state index >= 15 is 0 Å². The lowest BCUT2D eigenvalue weighted by molar-refractivity contribution is -0.162. The van der Waals surface area contributed by atoms with E-state index in [1.807, 2.05) is 18.2 Å². The topological polar surface area (TPSA) is 101 Å². The number of aromatic nitrogens is 1. The molecule has 0 radical (unpaired) electrons. The summed E-state index contributed by atoms with van der Waals surface area (Å²) in [6, 6.07) is 4.03. The van der Waals surface area contributed by atoms with E-state index in [1.165, 1.54) is 0 Å². The van der Waals surface area contributed by atoms with Gasteiger partial charge in [-0.3, -0.25) is 14.4 Å². The largest absolute Gasteiger partial charge is 0.497 e. The highest BCUT2D eigenvalue weighted by molar-refractivity contribution is 6.00. The van der Waals surface area contributed by atoms with Crippen LogP contribution in [0.3, 0.4) is 0 Å². The van der Waals surface area contributed by atoms with Crippen molar-refractivity contribution in [3.63, 3.8) is 0 Å². The van der Waals surface area contributed by atoms with Crippen molar-refractivity contribution in [1.29, 1.82) is 0 Å². The molecule has 2 aliphatic heterocycles. The summed E-state index contributed by atoms with van der Waals surface area (Å²) in [4.78, 5) is 44.4. The Bertz CT molecular complexity index is 1100. The van der Waals surface area contributed by atoms with Crippen molar-refractivity contribution in [2.45, 2.75) is 77.6 Å². The molecule has 1 aromatic heterocycles. The molecule has 0 saturated carbocycles. The van der Waals surface area contributed by atoms with Gasteiger partial charge in [0.15, 0.2) is 0 Å². The van der Waals surface area contributed by atoms with Gasteiger partial charge in [0.1, 0.15) is 23.4 Å². The Hall–Kier alpha value is -3.03. The molecule has 0 bridgehead atoms. The van der Waals surface area contributed by atoms with Gasteiger partial charge in [-0.05, 0) is 50.8 Å². The monoisotopic (exact) mass is 455 g/mol. The number of hydrogen-bond acceptors (Lipinski definition) is 5. The number of nitrogens with zero attached hydrogens (tertiary/aromatic N) is 1. The van der Waals surface area contributed by atoms with Gasteiger partial charge in [-0.15, -0.1) is 0 Å². The number of rotatable bonds is 5. The van der Waals surface area contributed by atoms with Gasteiger partial charge in [0.2, 0.25) is 11.8 Å². The molecule has 2 amide bonds. The summed E-state index contributed by atoms with van der Waals surface area (Å²) in [6.07, 6.45) is 0.939. The molecule has 0 unspecified atom stereocenters. The first-order valence-electron chi connectivity index (χ1n) is 11.5. The highest BCUT2D eigenvalue weighted by atomic mass is 16.6. The number of hydrogen-bond donors (Lipinski definition) is 2. The van der Waals surface area contributed by atoms with Crippen LogP contribution in [0.5, 0.6) is 5.75 Å². The number of methoxy groups -OCH3 is 1. The SMILES string of the molecule is COc1ccc2c3c([nH]c2c1)[C@H](CC(C)C)N1C(=O)[C@H](CC(=O)OC(C)(C)C)NC(=O)[C@@H]1C3. The Kier molecular flexibility index (Phi) is 5.88. The second-order valence-electron chi connectivity index (χ2n) is 10.4. The summed E-state index contributed by atoms with van der Waals surface area (Å²) < 4.78 is 10.8. The molecule has 8 nitrogen and oxygen atoms in total. The summed E-state index contributed by atoms with van der Waals surface area (Å²) in [5.74, 6) is 0.0638. The third kappa shape index (κ3) is 4.43. The lowest BCUT2D eigenvalue weighted by atomic mass is 9.85. The fraction of sp³-hybridized carbons (Fsp3) is 0.560. The van der Waals surface area contributed by atoms with Crippen LogP contribution in [0.15, 0.2) is 18.2 Å². The molecule has 1 aromatic carbocycles. The van der Waals surface area contributed by atoms with Gasteiger partial charge in [-0.2, -0.15) is 0 Å². The minimum absolute atomic E-state index is 0.184. The van der Waals surface area contributed by atoms with Crippen LogP contribution in [-0.4, -0.2) is 52.5 Å². The number of benzene rings is 1. The molecule has 2 aliphatic rings. The van der Waals surface area contributed by atoms with Crippen LogP contribution in [0.2, 0.25) is 0 Å². The maximum absolute atomic E-state index is 13.6. The summed E-state index contributed by atoms with van der Waals surface area (Å²) in [6.45, 7) is 9.52. The van der Waals surface area contributed by atoms with Gasteiger partial charge in [0, 0.05) is 29.1 Å². The summed E-state index contributed by atoms with van der Waals surface area (Å²) >= 11 is 0. The predicted molar refractivity (Wildman–Crippen MR) is 124 cm³/mol. The van der Waals surface area contributed by atoms with E-state index in [1.54, 1.807) is 32.8 Å². The fourth-order valence-corrected chi connectivity index (χ4v) is 4.94. The van der Waals surface area contributed by atoms with Crippen LogP contribution in [0.1, 0.15) is 64.8 Å². The molecule has 33 heavy (non-hydrogen) atoms. The molecular formula is C25H33N3O5. The Morgan fingerprint density at radius 2 is 1.97 bits per heavy atom. The molecule has 2 N–H and O–H groups in total. The molecule has 0 aliphatic carbocycles. The van der Waals surface area contributed by atoms with E-state index in [-0.39, 0.29) is 24.3 Å². The van der Waals surface area contributed by atoms with E-state index < -0.39 is 23.7 Å². The minimum Gasteiger partial charge on any atom is -0.497 e. The van der Waals surface area contributed by atoms with Crippen LogP contribution in [0.25, 0.3) is 10.9 Å². The number of amides is 2. The van der Waals surface area contributed by atoms with Crippen molar-refractivity contribution in [3.8, 4) is 5.75 Å². The fourth-order valence-electron chi connectivity index (χ4n) is 4.94. The van der Waals surface area contributed by atoms with Crippen molar-refractivity contribution in [2.75, 3.05) is 7.11 Å². The molecule has 3 heterocycles. The van der Waals surface area contributed by atoms with E-state index in [0.29, 0.717) is 18.8 Å². The summed E-state index contributed by atoms with van der Waals surface area (Å²) in [5.41, 5.74) is 2.29. The molecule has 1 saturated heterocycles. The van der Waals surface area contributed by atoms with Crippen molar-refractivity contribution < 1.29 is 23.9 Å². The number of nitrogens with one attached hydrogen (secondary N) is 2. The van der Waals surface area contributed by atoms with E-state index in [2.05, 4.69) is 24.1 Å². The molecule has 178 valence electrons. The average Bonchev–Trinajstić information content (AvgIpc) is 3.07. The van der Waals surface area contributed by atoms with Crippen LogP contribution >= 0.6 is 0 Å². The molecule has 2 aromatic rings. The van der Waals surface area contributed by atoms with Gasteiger partial charge < -0.3 is 24.7 Å². The van der Waals surface area contributed by atoms with Gasteiger partial charge >= 0.3 is 5.97 Å². The average molecular weight is 456 g/mol. The normalized spacial score (nSPS) is 22.8. The Balaban J connectivity index is 1.71. The number of fused-ring (bicyclic) bond motifs is 4. The van der Waals surface area contributed by atoms with Crippen LogP contribution in [0, 0.1) is 5.92 Å². The highest BCUT2D eigenvalue weighted by Gasteiger charge is 2.49. The number of carbonyl (C=O) groups is 3. The minimum atomic E-state index is -0.927. The zero-order valence-corrected chi connectivity index (χ0v) is 20.2. The highest BCUT2D eigenvalue weighted by Crippen LogP contribution is 2.42. The standard InChI is InChI=1S/C25H33N3O5/c1-13(2)9-19-22-16(15-8-7-14(32-6)10-17(15)26-22)11-20-23(30)27-18(24(31)28(19)20)12-21(29)33-25(3,4)5/h7-8,10,13,18-20,26H,9,11-12H2,1-6H3,(H,27,30)/t18-,19-,20-/m0/s1. The third-order valence-electron chi connectivity index (χ3n) is 6.21. The molecule has 4 rings (SSSR count). The van der Waals surface area contributed by atoms with Crippen LogP contribution in [0.4, 0.5) is 0 Å². The van der Waals surface area contributed by atoms with Crippen molar-refractivity contribution in [1.82, 2.24) is 15.2 Å². The molecule has 3 atom stereocenters. The van der Waals surface area contributed by atoms with E-state index in [9.17, 15) is 14.4 Å². The Labute approximate surface area is 194 Å². The van der Waals surface area contributed by atoms with E-state index in [4.69, 9.17) is 9.47 Å². The Morgan fingerprint density at radius 1 is 1.24 bits per heavy atom. The number of aromatic amines is 1. The van der Waals surface area contributed by atoms with Crippen molar-refractivity contribution in [3.05, 3.63) is 29.5 Å². The maximum atomic E-state index is 13.6. The second kappa shape index (κ2) is 8.39. The van der Waals surface area contributed by atoms with E-state index in [0.717, 1.165) is 27.9 Å². The maximum Gasteiger partial charge on any atom is 0.308 e. The van der Waals surface area contributed by atoms with Gasteiger partial charge in [-0.1, -0.05) is 13.8 Å². The summed E-state index contributed by atoms with van der Waals surface area (Å²) in [7, 11) is 1.62. The number of piperazine rings is 1. The van der Waals surface area contributed by atoms with Crippen LogP contribution < -0.4 is 10.1 Å². The second-order valence-corrected chi connectivity index (χ2v) is 10.4. The van der Waals surface area contributed by atoms with Gasteiger partial charge in [-0.25, -0.2) is 0 Å². The number of H-pyrrole nitrogens is 1. The third-order valence-corrected chi connectivity index (χ3v) is 6.21.